The third-order valence-corrected chi connectivity index (χ3v) is 4.57. The number of aryl methyl sites for hydroxylation is 1. The number of rotatable bonds is 9. The number of halogens is 1. The zero-order valence-electron chi connectivity index (χ0n) is 16.2. The average molecular weight is 404 g/mol. The number of nitrogens with zero attached hydrogens (tertiary/aromatic N) is 4. The van der Waals surface area contributed by atoms with Gasteiger partial charge < -0.3 is 16.4 Å². The lowest BCUT2D eigenvalue weighted by Crippen LogP contribution is -2.38. The maximum absolute atomic E-state index is 13.1. The van der Waals surface area contributed by atoms with E-state index in [1.807, 2.05) is 6.92 Å². The molecule has 0 amide bonds. The van der Waals surface area contributed by atoms with Crippen molar-refractivity contribution in [1.82, 2.24) is 20.4 Å². The molecule has 0 fully saturated rings. The van der Waals surface area contributed by atoms with Gasteiger partial charge in [-0.1, -0.05) is 0 Å². The van der Waals surface area contributed by atoms with E-state index in [-0.39, 0.29) is 11.6 Å². The molecule has 0 atom stereocenters. The van der Waals surface area contributed by atoms with Crippen LogP contribution < -0.4 is 16.4 Å². The van der Waals surface area contributed by atoms with Crippen LogP contribution in [0.15, 0.2) is 29.3 Å². The van der Waals surface area contributed by atoms with E-state index in [1.165, 1.54) is 16.8 Å². The monoisotopic (exact) mass is 403 g/mol. The second-order valence-electron chi connectivity index (χ2n) is 5.99. The molecule has 0 spiro atoms. The van der Waals surface area contributed by atoms with Crippen molar-refractivity contribution < 1.29 is 4.39 Å². The van der Waals surface area contributed by atoms with Crippen molar-refractivity contribution in [3.63, 3.8) is 0 Å². The van der Waals surface area contributed by atoms with E-state index in [9.17, 15) is 9.65 Å². The molecule has 1 aromatic carbocycles. The SMILES string of the molecule is CCNC(=NCCCc1nn(-c2ccc(F)cc2)c(N)c1C#N)NCCSC. The zero-order chi connectivity index (χ0) is 20.4. The van der Waals surface area contributed by atoms with Crippen LogP contribution in [0.1, 0.15) is 24.6 Å². The van der Waals surface area contributed by atoms with Crippen LogP contribution in [0.25, 0.3) is 5.69 Å². The minimum Gasteiger partial charge on any atom is -0.382 e. The largest absolute Gasteiger partial charge is 0.382 e. The predicted octanol–water partition coefficient (Wildman–Crippen LogP) is 2.32. The first-order chi connectivity index (χ1) is 13.6. The third kappa shape index (κ3) is 5.89. The summed E-state index contributed by atoms with van der Waals surface area (Å²) in [6, 6.07) is 7.96. The van der Waals surface area contributed by atoms with E-state index in [4.69, 9.17) is 5.73 Å². The van der Waals surface area contributed by atoms with Gasteiger partial charge >= 0.3 is 0 Å². The van der Waals surface area contributed by atoms with Crippen molar-refractivity contribution in [2.75, 3.05) is 37.4 Å². The zero-order valence-corrected chi connectivity index (χ0v) is 17.0. The number of nitrogens with two attached hydrogens (primary N) is 1. The van der Waals surface area contributed by atoms with Gasteiger partial charge in [0.2, 0.25) is 0 Å². The van der Waals surface area contributed by atoms with E-state index in [0.29, 0.717) is 29.9 Å². The summed E-state index contributed by atoms with van der Waals surface area (Å²) in [6.45, 7) is 4.27. The van der Waals surface area contributed by atoms with Crippen LogP contribution in [-0.2, 0) is 6.42 Å². The molecule has 0 unspecified atom stereocenters. The number of guanidine groups is 1. The summed E-state index contributed by atoms with van der Waals surface area (Å²) in [4.78, 5) is 4.55. The molecule has 1 heterocycles. The molecule has 0 radical (unpaired) electrons. The Bertz CT molecular complexity index is 824. The molecule has 2 aromatic rings. The fourth-order valence-corrected chi connectivity index (χ4v) is 2.91. The normalized spacial score (nSPS) is 11.3. The summed E-state index contributed by atoms with van der Waals surface area (Å²) < 4.78 is 14.6. The first-order valence-electron chi connectivity index (χ1n) is 9.15. The second kappa shape index (κ2) is 11.2. The third-order valence-electron chi connectivity index (χ3n) is 3.96. The summed E-state index contributed by atoms with van der Waals surface area (Å²) in [6.07, 6.45) is 3.37. The fourth-order valence-electron chi connectivity index (χ4n) is 2.60. The standard InChI is InChI=1S/C19H26FN7S/c1-3-23-19(25-11-12-28-2)24-10-4-5-17-16(13-21)18(22)27(26-17)15-8-6-14(20)7-9-15/h6-9H,3-5,10-12,22H2,1-2H3,(H2,23,24,25). The molecule has 150 valence electrons. The van der Waals surface area contributed by atoms with Crippen LogP contribution in [0, 0.1) is 17.1 Å². The number of nitrogens with one attached hydrogen (secondary N) is 2. The highest BCUT2D eigenvalue weighted by Gasteiger charge is 2.16. The van der Waals surface area contributed by atoms with Crippen LogP contribution in [-0.4, -0.2) is 47.4 Å². The molecular weight excluding hydrogens is 377 g/mol. The van der Waals surface area contributed by atoms with Gasteiger partial charge in [-0.2, -0.15) is 22.1 Å². The molecule has 2 rings (SSSR count). The molecule has 0 saturated heterocycles. The molecule has 0 saturated carbocycles. The van der Waals surface area contributed by atoms with Crippen molar-refractivity contribution in [3.05, 3.63) is 41.3 Å². The van der Waals surface area contributed by atoms with Crippen molar-refractivity contribution >= 4 is 23.5 Å². The smallest absolute Gasteiger partial charge is 0.191 e. The number of nitrogen functional groups attached to an aromatic ring is 1. The van der Waals surface area contributed by atoms with Gasteiger partial charge in [-0.05, 0) is 50.3 Å². The van der Waals surface area contributed by atoms with Gasteiger partial charge in [0.15, 0.2) is 5.96 Å². The van der Waals surface area contributed by atoms with Crippen LogP contribution >= 0.6 is 11.8 Å². The van der Waals surface area contributed by atoms with Gasteiger partial charge in [0.1, 0.15) is 23.3 Å². The minimum absolute atomic E-state index is 0.264. The van der Waals surface area contributed by atoms with E-state index in [1.54, 1.807) is 23.9 Å². The van der Waals surface area contributed by atoms with E-state index in [0.717, 1.165) is 31.2 Å². The van der Waals surface area contributed by atoms with Crippen molar-refractivity contribution in [2.24, 2.45) is 4.99 Å². The maximum atomic E-state index is 13.1. The van der Waals surface area contributed by atoms with Crippen LogP contribution in [0.2, 0.25) is 0 Å². The lowest BCUT2D eigenvalue weighted by atomic mass is 10.1. The number of anilines is 1. The van der Waals surface area contributed by atoms with Gasteiger partial charge in [0.25, 0.3) is 0 Å². The second-order valence-corrected chi connectivity index (χ2v) is 6.98. The molecular formula is C19H26FN7S. The highest BCUT2D eigenvalue weighted by Crippen LogP contribution is 2.21. The first kappa shape index (κ1) is 21.6. The molecule has 28 heavy (non-hydrogen) atoms. The van der Waals surface area contributed by atoms with Crippen molar-refractivity contribution in [3.8, 4) is 11.8 Å². The number of thioether (sulfide) groups is 1. The highest BCUT2D eigenvalue weighted by atomic mass is 32.2. The first-order valence-corrected chi connectivity index (χ1v) is 10.5. The van der Waals surface area contributed by atoms with Crippen molar-refractivity contribution in [2.45, 2.75) is 19.8 Å². The molecule has 7 nitrogen and oxygen atoms in total. The lowest BCUT2D eigenvalue weighted by Gasteiger charge is -2.10. The quantitative estimate of drug-likeness (QED) is 0.337. The Morgan fingerprint density at radius 3 is 2.75 bits per heavy atom. The summed E-state index contributed by atoms with van der Waals surface area (Å²) in [7, 11) is 0. The fraction of sp³-hybridized carbons (Fsp3) is 0.421. The maximum Gasteiger partial charge on any atom is 0.191 e. The Morgan fingerprint density at radius 1 is 1.36 bits per heavy atom. The summed E-state index contributed by atoms with van der Waals surface area (Å²) >= 11 is 1.77. The molecule has 0 bridgehead atoms. The Balaban J connectivity index is 2.03. The molecule has 4 N–H and O–H groups in total. The van der Waals surface area contributed by atoms with Gasteiger partial charge in [0, 0.05) is 25.4 Å². The summed E-state index contributed by atoms with van der Waals surface area (Å²) in [5.74, 6) is 1.72. The van der Waals surface area contributed by atoms with Gasteiger partial charge in [0.05, 0.1) is 11.4 Å². The topological polar surface area (TPSA) is 104 Å². The molecule has 9 heteroatoms. The number of hydrogen-bond donors (Lipinski definition) is 3. The number of aliphatic imine (C=N–C) groups is 1. The Morgan fingerprint density at radius 2 is 2.11 bits per heavy atom. The van der Waals surface area contributed by atoms with Crippen LogP contribution in [0.3, 0.4) is 0 Å². The Labute approximate surface area is 169 Å². The Kier molecular flexibility index (Phi) is 8.62. The summed E-state index contributed by atoms with van der Waals surface area (Å²) in [5, 5.41) is 20.4. The van der Waals surface area contributed by atoms with E-state index >= 15 is 0 Å². The highest BCUT2D eigenvalue weighted by molar-refractivity contribution is 7.98. The Hall–Kier alpha value is -2.73. The minimum atomic E-state index is -0.337. The number of aromatic nitrogens is 2. The molecule has 0 aliphatic rings. The summed E-state index contributed by atoms with van der Waals surface area (Å²) in [5.41, 5.74) is 7.68. The van der Waals surface area contributed by atoms with Gasteiger partial charge in [-0.15, -0.1) is 0 Å². The van der Waals surface area contributed by atoms with Gasteiger partial charge in [-0.25, -0.2) is 9.07 Å². The lowest BCUT2D eigenvalue weighted by molar-refractivity contribution is 0.627. The van der Waals surface area contributed by atoms with Gasteiger partial charge in [-0.3, -0.25) is 4.99 Å². The predicted molar refractivity (Wildman–Crippen MR) is 113 cm³/mol. The molecule has 0 aliphatic carbocycles. The van der Waals surface area contributed by atoms with Crippen molar-refractivity contribution in [1.29, 1.82) is 5.26 Å². The number of nitriles is 1. The molecule has 0 aliphatic heterocycles. The van der Waals surface area contributed by atoms with Crippen LogP contribution in [0.4, 0.5) is 10.2 Å². The van der Waals surface area contributed by atoms with E-state index < -0.39 is 0 Å². The average Bonchev–Trinajstić information content (AvgIpc) is 3.01. The van der Waals surface area contributed by atoms with E-state index in [2.05, 4.69) is 33.0 Å². The van der Waals surface area contributed by atoms with Crippen LogP contribution in [0.5, 0.6) is 0 Å². The number of benzene rings is 1. The molecule has 1 aromatic heterocycles. The number of hydrogen-bond acceptors (Lipinski definition) is 5.